The Morgan fingerprint density at radius 1 is 1.30 bits per heavy atom. The highest BCUT2D eigenvalue weighted by Gasteiger charge is 2.45. The highest BCUT2D eigenvalue weighted by molar-refractivity contribution is 5.84. The molecule has 3 unspecified atom stereocenters. The third-order valence-electron chi connectivity index (χ3n) is 5.32. The molecule has 3 fully saturated rings. The van der Waals surface area contributed by atoms with Crippen LogP contribution in [-0.4, -0.2) is 43.8 Å². The van der Waals surface area contributed by atoms with Crippen LogP contribution in [-0.2, 0) is 14.3 Å². The van der Waals surface area contributed by atoms with Crippen LogP contribution in [0, 0.1) is 11.8 Å². The number of ether oxygens (including phenoxy) is 2. The van der Waals surface area contributed by atoms with Gasteiger partial charge < -0.3 is 14.8 Å². The maximum absolute atomic E-state index is 12.9. The van der Waals surface area contributed by atoms with Crippen LogP contribution in [0.15, 0.2) is 0 Å². The molecule has 0 aromatic carbocycles. The monoisotopic (exact) mass is 281 g/mol. The van der Waals surface area contributed by atoms with Gasteiger partial charge in [0.1, 0.15) is 5.78 Å². The van der Waals surface area contributed by atoms with Crippen molar-refractivity contribution < 1.29 is 14.3 Å². The zero-order valence-corrected chi connectivity index (χ0v) is 12.5. The Balaban J connectivity index is 1.64. The minimum absolute atomic E-state index is 0.0335. The van der Waals surface area contributed by atoms with Gasteiger partial charge in [-0.25, -0.2) is 0 Å². The lowest BCUT2D eigenvalue weighted by Gasteiger charge is -2.38. The summed E-state index contributed by atoms with van der Waals surface area (Å²) in [7, 11) is 0. The third kappa shape index (κ3) is 2.78. The standard InChI is InChI=1S/C16H27NO3/c1-2-17-14-11-19-10-13(14)15(18)12-5-8-20-16(9-12)6-3-4-7-16/h12-14,17H,2-11H2,1H3. The molecule has 3 atom stereocenters. The van der Waals surface area contributed by atoms with Crippen LogP contribution in [0.25, 0.3) is 0 Å². The second-order valence-corrected chi connectivity index (χ2v) is 6.64. The zero-order valence-electron chi connectivity index (χ0n) is 12.5. The van der Waals surface area contributed by atoms with E-state index in [4.69, 9.17) is 9.47 Å². The number of hydrogen-bond acceptors (Lipinski definition) is 4. The molecule has 3 rings (SSSR count). The molecule has 114 valence electrons. The van der Waals surface area contributed by atoms with E-state index in [1.807, 2.05) is 0 Å². The Morgan fingerprint density at radius 3 is 2.85 bits per heavy atom. The van der Waals surface area contributed by atoms with Crippen molar-refractivity contribution in [2.45, 2.75) is 57.1 Å². The molecule has 20 heavy (non-hydrogen) atoms. The summed E-state index contributed by atoms with van der Waals surface area (Å²) in [5, 5.41) is 3.40. The van der Waals surface area contributed by atoms with Crippen LogP contribution in [0.4, 0.5) is 0 Å². The minimum Gasteiger partial charge on any atom is -0.379 e. The van der Waals surface area contributed by atoms with Gasteiger partial charge in [0.2, 0.25) is 0 Å². The molecule has 3 aliphatic rings. The van der Waals surface area contributed by atoms with Gasteiger partial charge in [-0.2, -0.15) is 0 Å². The Hall–Kier alpha value is -0.450. The lowest BCUT2D eigenvalue weighted by molar-refractivity contribution is -0.140. The van der Waals surface area contributed by atoms with Gasteiger partial charge in [-0.15, -0.1) is 0 Å². The second-order valence-electron chi connectivity index (χ2n) is 6.64. The molecule has 1 saturated carbocycles. The molecular weight excluding hydrogens is 254 g/mol. The Labute approximate surface area is 121 Å². The van der Waals surface area contributed by atoms with Gasteiger partial charge in [-0.05, 0) is 32.2 Å². The van der Waals surface area contributed by atoms with Crippen molar-refractivity contribution in [3.05, 3.63) is 0 Å². The molecule has 0 aromatic heterocycles. The van der Waals surface area contributed by atoms with Crippen molar-refractivity contribution in [1.29, 1.82) is 0 Å². The molecule has 4 heteroatoms. The summed E-state index contributed by atoms with van der Waals surface area (Å²) in [4.78, 5) is 12.9. The Kier molecular flexibility index (Phi) is 4.43. The quantitative estimate of drug-likeness (QED) is 0.855. The van der Waals surface area contributed by atoms with Crippen LogP contribution in [0.1, 0.15) is 45.4 Å². The first kappa shape index (κ1) is 14.5. The zero-order chi connectivity index (χ0) is 14.0. The molecule has 0 amide bonds. The number of rotatable bonds is 4. The first-order chi connectivity index (χ1) is 9.74. The average Bonchev–Trinajstić information content (AvgIpc) is 3.09. The van der Waals surface area contributed by atoms with Crippen LogP contribution in [0.5, 0.6) is 0 Å². The number of hydrogen-bond donors (Lipinski definition) is 1. The van der Waals surface area contributed by atoms with Gasteiger partial charge in [-0.3, -0.25) is 4.79 Å². The fourth-order valence-electron chi connectivity index (χ4n) is 4.24. The van der Waals surface area contributed by atoms with E-state index in [2.05, 4.69) is 12.2 Å². The van der Waals surface area contributed by atoms with Gasteiger partial charge >= 0.3 is 0 Å². The van der Waals surface area contributed by atoms with Gasteiger partial charge in [0, 0.05) is 18.6 Å². The smallest absolute Gasteiger partial charge is 0.143 e. The van der Waals surface area contributed by atoms with E-state index in [0.29, 0.717) is 19.0 Å². The van der Waals surface area contributed by atoms with Gasteiger partial charge in [0.15, 0.2) is 0 Å². The van der Waals surface area contributed by atoms with Crippen LogP contribution in [0.3, 0.4) is 0 Å². The first-order valence-corrected chi connectivity index (χ1v) is 8.23. The molecule has 0 radical (unpaired) electrons. The predicted octanol–water partition coefficient (Wildman–Crippen LogP) is 1.92. The van der Waals surface area contributed by atoms with Crippen molar-refractivity contribution in [3.63, 3.8) is 0 Å². The molecule has 1 N–H and O–H groups in total. The third-order valence-corrected chi connectivity index (χ3v) is 5.32. The maximum Gasteiger partial charge on any atom is 0.143 e. The Bertz CT molecular complexity index is 352. The number of carbonyl (C=O) groups excluding carboxylic acids is 1. The normalized spacial score (nSPS) is 36.5. The van der Waals surface area contributed by atoms with Crippen LogP contribution >= 0.6 is 0 Å². The topological polar surface area (TPSA) is 47.6 Å². The van der Waals surface area contributed by atoms with E-state index in [1.54, 1.807) is 0 Å². The summed E-state index contributed by atoms with van der Waals surface area (Å²) in [5.74, 6) is 0.661. The molecule has 0 bridgehead atoms. The predicted molar refractivity (Wildman–Crippen MR) is 76.7 cm³/mol. The number of nitrogens with one attached hydrogen (secondary N) is 1. The number of ketones is 1. The van der Waals surface area contributed by atoms with E-state index in [-0.39, 0.29) is 23.5 Å². The lowest BCUT2D eigenvalue weighted by Crippen LogP contribution is -2.45. The number of Topliss-reactive ketones (excluding diaryl/α,β-unsaturated/α-hetero) is 1. The van der Waals surface area contributed by atoms with Gasteiger partial charge in [-0.1, -0.05) is 19.8 Å². The molecule has 1 aliphatic carbocycles. The van der Waals surface area contributed by atoms with E-state index in [9.17, 15) is 4.79 Å². The van der Waals surface area contributed by atoms with E-state index in [0.717, 1.165) is 38.8 Å². The highest BCUT2D eigenvalue weighted by Crippen LogP contribution is 2.43. The fraction of sp³-hybridized carbons (Fsp3) is 0.938. The first-order valence-electron chi connectivity index (χ1n) is 8.23. The lowest BCUT2D eigenvalue weighted by atomic mass is 9.78. The summed E-state index contributed by atoms with van der Waals surface area (Å²) >= 11 is 0. The molecule has 1 spiro atoms. The van der Waals surface area contributed by atoms with E-state index < -0.39 is 0 Å². The van der Waals surface area contributed by atoms with E-state index >= 15 is 0 Å². The number of likely N-dealkylation sites (N-methyl/N-ethyl adjacent to an activating group) is 1. The van der Waals surface area contributed by atoms with Crippen molar-refractivity contribution >= 4 is 5.78 Å². The molecule has 4 nitrogen and oxygen atoms in total. The summed E-state index contributed by atoms with van der Waals surface area (Å²) in [6, 6.07) is 0.217. The minimum atomic E-state index is 0.0335. The SMILES string of the molecule is CCNC1COCC1C(=O)C1CCOC2(CCCC2)C1. The highest BCUT2D eigenvalue weighted by atomic mass is 16.5. The number of carbonyl (C=O) groups is 1. The van der Waals surface area contributed by atoms with Crippen LogP contribution in [0.2, 0.25) is 0 Å². The molecular formula is C16H27NO3. The van der Waals surface area contributed by atoms with Crippen molar-refractivity contribution in [3.8, 4) is 0 Å². The fourth-order valence-corrected chi connectivity index (χ4v) is 4.24. The molecule has 2 saturated heterocycles. The van der Waals surface area contributed by atoms with Crippen molar-refractivity contribution in [1.82, 2.24) is 5.32 Å². The largest absolute Gasteiger partial charge is 0.379 e. The summed E-state index contributed by atoms with van der Waals surface area (Å²) in [6.45, 7) is 5.02. The van der Waals surface area contributed by atoms with Crippen molar-refractivity contribution in [2.24, 2.45) is 11.8 Å². The van der Waals surface area contributed by atoms with Crippen molar-refractivity contribution in [2.75, 3.05) is 26.4 Å². The van der Waals surface area contributed by atoms with Gasteiger partial charge in [0.05, 0.1) is 24.7 Å². The van der Waals surface area contributed by atoms with Gasteiger partial charge in [0.25, 0.3) is 0 Å². The summed E-state index contributed by atoms with van der Waals surface area (Å²) in [6.07, 6.45) is 6.65. The molecule has 0 aromatic rings. The molecule has 2 heterocycles. The summed E-state index contributed by atoms with van der Waals surface area (Å²) in [5.41, 5.74) is 0.0335. The summed E-state index contributed by atoms with van der Waals surface area (Å²) < 4.78 is 11.6. The Morgan fingerprint density at radius 2 is 2.10 bits per heavy atom. The maximum atomic E-state index is 12.9. The second kappa shape index (κ2) is 6.12. The average molecular weight is 281 g/mol. The van der Waals surface area contributed by atoms with Crippen LogP contribution < -0.4 is 5.32 Å². The molecule has 2 aliphatic heterocycles. The van der Waals surface area contributed by atoms with E-state index in [1.165, 1.54) is 12.8 Å².